The summed E-state index contributed by atoms with van der Waals surface area (Å²) >= 11 is 0. The van der Waals surface area contributed by atoms with Crippen LogP contribution < -0.4 is 16.8 Å². The highest BCUT2D eigenvalue weighted by molar-refractivity contribution is 7.80. The molecule has 2 atom stereocenters. The van der Waals surface area contributed by atoms with E-state index in [0.717, 1.165) is 0 Å². The number of hydrogen-bond acceptors (Lipinski definition) is 8. The monoisotopic (exact) mass is 404 g/mol. The summed E-state index contributed by atoms with van der Waals surface area (Å²) in [5.74, 6) is 0.0555. The first-order valence-corrected chi connectivity index (χ1v) is 9.80. The van der Waals surface area contributed by atoms with Gasteiger partial charge in [-0.25, -0.2) is 0 Å². The second-order valence-corrected chi connectivity index (χ2v) is 7.26. The summed E-state index contributed by atoms with van der Waals surface area (Å²) < 4.78 is 40.1. The zero-order valence-corrected chi connectivity index (χ0v) is 15.4. The highest BCUT2D eigenvalue weighted by atomic mass is 32.3. The van der Waals surface area contributed by atoms with Gasteiger partial charge in [0.1, 0.15) is 11.5 Å². The molecule has 27 heavy (non-hydrogen) atoms. The van der Waals surface area contributed by atoms with E-state index in [9.17, 15) is 13.2 Å². The Kier molecular flexibility index (Phi) is 7.12. The van der Waals surface area contributed by atoms with Crippen molar-refractivity contribution >= 4 is 22.3 Å². The van der Waals surface area contributed by atoms with E-state index >= 15 is 0 Å². The average Bonchev–Trinajstić information content (AvgIpc) is 3.16. The summed E-state index contributed by atoms with van der Waals surface area (Å²) in [5, 5.41) is 14.4. The molecule has 2 rings (SSSR count). The molecule has 0 bridgehead atoms. The Morgan fingerprint density at radius 1 is 1.59 bits per heavy atom. The summed E-state index contributed by atoms with van der Waals surface area (Å²) in [6.07, 6.45) is 2.66. The van der Waals surface area contributed by atoms with Gasteiger partial charge >= 0.3 is 10.4 Å². The lowest BCUT2D eigenvalue weighted by molar-refractivity contribution is -0.157. The number of amides is 1. The van der Waals surface area contributed by atoms with Crippen LogP contribution in [0.5, 0.6) is 0 Å². The number of hydroxylamine groups is 2. The van der Waals surface area contributed by atoms with E-state index in [-0.39, 0.29) is 12.4 Å². The molecule has 12 nitrogen and oxygen atoms in total. The molecule has 1 aliphatic heterocycles. The fourth-order valence-corrected chi connectivity index (χ4v) is 3.22. The van der Waals surface area contributed by atoms with Crippen molar-refractivity contribution in [2.24, 2.45) is 11.5 Å². The minimum absolute atomic E-state index is 0.0901. The summed E-state index contributed by atoms with van der Waals surface area (Å²) in [6, 6.07) is 0.792. The molecule has 0 saturated carbocycles. The number of nitrogens with zero attached hydrogens (tertiary/aromatic N) is 2. The van der Waals surface area contributed by atoms with E-state index in [1.807, 2.05) is 0 Å². The fraction of sp³-hybridized carbons (Fsp3) is 0.643. The molecule has 13 heteroatoms. The van der Waals surface area contributed by atoms with Gasteiger partial charge < -0.3 is 21.3 Å². The maximum absolute atomic E-state index is 11.7. The average molecular weight is 404 g/mol. The van der Waals surface area contributed by atoms with Gasteiger partial charge in [0.2, 0.25) is 5.91 Å². The highest BCUT2D eigenvalue weighted by Crippen LogP contribution is 2.27. The molecule has 1 aromatic heterocycles. The van der Waals surface area contributed by atoms with Crippen LogP contribution >= 0.6 is 0 Å². The van der Waals surface area contributed by atoms with Crippen LogP contribution in [0.4, 0.5) is 0 Å². The third kappa shape index (κ3) is 6.78. The first-order chi connectivity index (χ1) is 12.7. The predicted octanol–water partition coefficient (Wildman–Crippen LogP) is -0.404. The first-order valence-electron chi connectivity index (χ1n) is 8.43. The van der Waals surface area contributed by atoms with E-state index in [0.29, 0.717) is 55.2 Å². The molecule has 0 radical (unpaired) electrons. The molecular weight excluding hydrogens is 380 g/mol. The van der Waals surface area contributed by atoms with Crippen molar-refractivity contribution < 1.29 is 26.6 Å². The Labute approximate surface area is 156 Å². The lowest BCUT2D eigenvalue weighted by atomic mass is 10.0. The molecule has 1 aromatic rings. The minimum Gasteiger partial charge on any atom is -0.370 e. The largest absolute Gasteiger partial charge is 0.418 e. The standard InChI is InChI=1S/C14H24N6O6S/c15-11(12-8-10(25-19-12)2-1-7-18-14(16)17)5-3-9-4-6-13(21)20(9)26-27(22,23)24/h8-9,11H,1-7,15H2,(H4,16,17,18)(H,22,23,24)/t9-,11+/m1/s1. The van der Waals surface area contributed by atoms with Crippen molar-refractivity contribution in [1.29, 1.82) is 5.41 Å². The second-order valence-electron chi connectivity index (χ2n) is 6.26. The van der Waals surface area contributed by atoms with Gasteiger partial charge in [0.15, 0.2) is 5.96 Å². The topological polar surface area (TPSA) is 198 Å². The predicted molar refractivity (Wildman–Crippen MR) is 93.4 cm³/mol. The molecule has 0 aliphatic carbocycles. The molecule has 7 N–H and O–H groups in total. The third-order valence-corrected chi connectivity index (χ3v) is 4.48. The summed E-state index contributed by atoms with van der Waals surface area (Å²) in [4.78, 5) is 11.7. The van der Waals surface area contributed by atoms with Crippen molar-refractivity contribution in [3.8, 4) is 0 Å². The molecule has 0 aromatic carbocycles. The Bertz CT molecular complexity index is 766. The van der Waals surface area contributed by atoms with Gasteiger partial charge in [0, 0.05) is 25.5 Å². The zero-order chi connectivity index (χ0) is 20.0. The summed E-state index contributed by atoms with van der Waals surface area (Å²) in [5.41, 5.74) is 11.8. The molecule has 1 saturated heterocycles. The summed E-state index contributed by atoms with van der Waals surface area (Å²) in [6.45, 7) is 0.538. The SMILES string of the molecule is N=C(N)NCCCc1cc([C@@H](N)CC[C@@H]2CCC(=O)N2OS(=O)(=O)O)no1. The first kappa shape index (κ1) is 21.1. The highest BCUT2D eigenvalue weighted by Gasteiger charge is 2.35. The van der Waals surface area contributed by atoms with Crippen LogP contribution in [0.2, 0.25) is 0 Å². The van der Waals surface area contributed by atoms with Crippen LogP contribution in [0.25, 0.3) is 0 Å². The van der Waals surface area contributed by atoms with Gasteiger partial charge in [0.25, 0.3) is 0 Å². The van der Waals surface area contributed by atoms with E-state index in [4.69, 9.17) is 26.0 Å². The Morgan fingerprint density at radius 3 is 3.00 bits per heavy atom. The molecule has 2 heterocycles. The maximum atomic E-state index is 11.7. The smallest absolute Gasteiger partial charge is 0.370 e. The lowest BCUT2D eigenvalue weighted by Crippen LogP contribution is -2.35. The Balaban J connectivity index is 1.82. The third-order valence-electron chi connectivity index (χ3n) is 4.13. The van der Waals surface area contributed by atoms with Crippen LogP contribution in [-0.4, -0.2) is 47.6 Å². The number of carbonyl (C=O) groups excluding carboxylic acids is 1. The Hall–Kier alpha value is -2.22. The van der Waals surface area contributed by atoms with Gasteiger partial charge in [0.05, 0.1) is 12.1 Å². The molecule has 152 valence electrons. The number of nitrogens with one attached hydrogen (secondary N) is 2. The number of rotatable bonds is 10. The maximum Gasteiger partial charge on any atom is 0.418 e. The number of aromatic nitrogens is 1. The number of nitrogens with two attached hydrogens (primary N) is 2. The second kappa shape index (κ2) is 9.12. The van der Waals surface area contributed by atoms with Gasteiger partial charge in [-0.1, -0.05) is 5.16 Å². The van der Waals surface area contributed by atoms with Crippen LogP contribution in [0.3, 0.4) is 0 Å². The van der Waals surface area contributed by atoms with Gasteiger partial charge in [-0.3, -0.25) is 14.8 Å². The molecule has 1 amide bonds. The lowest BCUT2D eigenvalue weighted by Gasteiger charge is -2.22. The molecule has 0 unspecified atom stereocenters. The fourth-order valence-electron chi connectivity index (χ4n) is 2.81. The number of hydrogen-bond donors (Lipinski definition) is 5. The van der Waals surface area contributed by atoms with E-state index in [1.54, 1.807) is 6.07 Å². The van der Waals surface area contributed by atoms with E-state index < -0.39 is 28.4 Å². The molecule has 1 aliphatic rings. The van der Waals surface area contributed by atoms with E-state index in [2.05, 4.69) is 14.8 Å². The molecule has 0 spiro atoms. The number of guanidine groups is 1. The van der Waals surface area contributed by atoms with Crippen molar-refractivity contribution in [1.82, 2.24) is 15.5 Å². The zero-order valence-electron chi connectivity index (χ0n) is 14.6. The van der Waals surface area contributed by atoms with Gasteiger partial charge in [-0.05, 0) is 25.7 Å². The quantitative estimate of drug-likeness (QED) is 0.148. The van der Waals surface area contributed by atoms with Crippen LogP contribution in [0.1, 0.15) is 49.6 Å². The van der Waals surface area contributed by atoms with Crippen LogP contribution in [0.15, 0.2) is 10.6 Å². The van der Waals surface area contributed by atoms with E-state index in [1.165, 1.54) is 0 Å². The molecule has 1 fully saturated rings. The minimum atomic E-state index is -4.76. The van der Waals surface area contributed by atoms with Crippen LogP contribution in [-0.2, 0) is 25.9 Å². The number of aryl methyl sites for hydroxylation is 1. The van der Waals surface area contributed by atoms with Crippen LogP contribution in [0, 0.1) is 5.41 Å². The molecular formula is C14H24N6O6S. The summed E-state index contributed by atoms with van der Waals surface area (Å²) in [7, 11) is -4.76. The van der Waals surface area contributed by atoms with Gasteiger partial charge in [-0.15, -0.1) is 4.28 Å². The van der Waals surface area contributed by atoms with Crippen molar-refractivity contribution in [3.05, 3.63) is 17.5 Å². The number of carbonyl (C=O) groups is 1. The van der Waals surface area contributed by atoms with Crippen molar-refractivity contribution in [2.75, 3.05) is 6.54 Å². The normalized spacial score (nSPS) is 18.7. The Morgan fingerprint density at radius 2 is 2.33 bits per heavy atom. The van der Waals surface area contributed by atoms with Gasteiger partial charge in [-0.2, -0.15) is 13.5 Å². The van der Waals surface area contributed by atoms with Crippen molar-refractivity contribution in [2.45, 2.75) is 50.6 Å². The van der Waals surface area contributed by atoms with Crippen molar-refractivity contribution in [3.63, 3.8) is 0 Å².